The molecule has 1 aromatic carbocycles. The first kappa shape index (κ1) is 9.15. The number of methoxy groups -OCH3 is 1. The van der Waals surface area contributed by atoms with Crippen molar-refractivity contribution in [3.63, 3.8) is 0 Å². The van der Waals surface area contributed by atoms with Crippen LogP contribution in [0, 0.1) is 5.82 Å². The molecule has 0 saturated heterocycles. The Morgan fingerprint density at radius 2 is 2.29 bits per heavy atom. The van der Waals surface area contributed by atoms with E-state index < -0.39 is 5.97 Å². The van der Waals surface area contributed by atoms with Gasteiger partial charge < -0.3 is 4.74 Å². The van der Waals surface area contributed by atoms with E-state index in [-0.39, 0.29) is 5.82 Å². The van der Waals surface area contributed by atoms with Crippen molar-refractivity contribution in [2.45, 2.75) is 0 Å². The van der Waals surface area contributed by atoms with E-state index in [2.05, 4.69) is 4.74 Å². The van der Waals surface area contributed by atoms with Gasteiger partial charge >= 0.3 is 5.97 Å². The van der Waals surface area contributed by atoms with Gasteiger partial charge in [-0.2, -0.15) is 0 Å². The van der Waals surface area contributed by atoms with Gasteiger partial charge in [-0.1, -0.05) is 6.07 Å². The van der Waals surface area contributed by atoms with Crippen molar-refractivity contribution >= 4 is 27.4 Å². The zero-order valence-corrected chi connectivity index (χ0v) is 8.23. The third kappa shape index (κ3) is 1.37. The van der Waals surface area contributed by atoms with E-state index in [1.165, 1.54) is 30.6 Å². The minimum absolute atomic E-state index is 0.311. The Kier molecular flexibility index (Phi) is 2.21. The normalized spacial score (nSPS) is 10.4. The summed E-state index contributed by atoms with van der Waals surface area (Å²) in [6.07, 6.45) is 0. The zero-order valence-electron chi connectivity index (χ0n) is 7.41. The van der Waals surface area contributed by atoms with Gasteiger partial charge in [0.1, 0.15) is 10.7 Å². The van der Waals surface area contributed by atoms with Gasteiger partial charge in [0.25, 0.3) is 0 Å². The molecule has 1 aromatic heterocycles. The molecule has 0 fully saturated rings. The second-order valence-electron chi connectivity index (χ2n) is 2.75. The molecule has 0 atom stereocenters. The van der Waals surface area contributed by atoms with Crippen molar-refractivity contribution in [1.29, 1.82) is 0 Å². The lowest BCUT2D eigenvalue weighted by Crippen LogP contribution is -1.96. The van der Waals surface area contributed by atoms with E-state index in [4.69, 9.17) is 0 Å². The Balaban J connectivity index is 2.62. The van der Waals surface area contributed by atoms with E-state index in [0.717, 1.165) is 4.70 Å². The van der Waals surface area contributed by atoms with E-state index in [1.54, 1.807) is 12.1 Å². The Labute approximate surface area is 83.9 Å². The molecule has 72 valence electrons. The van der Waals surface area contributed by atoms with Crippen LogP contribution in [0.4, 0.5) is 4.39 Å². The average Bonchev–Trinajstić information content (AvgIpc) is 2.62. The number of hydrogen-bond donors (Lipinski definition) is 0. The number of carbonyl (C=O) groups is 1. The first-order valence-corrected chi connectivity index (χ1v) is 4.80. The Hall–Kier alpha value is -1.42. The number of benzene rings is 1. The first-order valence-electron chi connectivity index (χ1n) is 3.99. The molecular formula is C10H7FO2S. The van der Waals surface area contributed by atoms with Crippen LogP contribution in [0.2, 0.25) is 0 Å². The Bertz CT molecular complexity index is 490. The maximum Gasteiger partial charge on any atom is 0.348 e. The molecule has 0 N–H and O–H groups in total. The summed E-state index contributed by atoms with van der Waals surface area (Å²) in [5.74, 6) is -0.737. The average molecular weight is 210 g/mol. The van der Waals surface area contributed by atoms with Crippen LogP contribution in [0.5, 0.6) is 0 Å². The van der Waals surface area contributed by atoms with Crippen LogP contribution in [0.3, 0.4) is 0 Å². The molecule has 4 heteroatoms. The van der Waals surface area contributed by atoms with Gasteiger partial charge in [-0.3, -0.25) is 0 Å². The summed E-state index contributed by atoms with van der Waals surface area (Å²) >= 11 is 1.23. The van der Waals surface area contributed by atoms with Gasteiger partial charge in [0.05, 0.1) is 7.11 Å². The number of fused-ring (bicyclic) bond motifs is 1. The van der Waals surface area contributed by atoms with Gasteiger partial charge in [-0.15, -0.1) is 11.3 Å². The van der Waals surface area contributed by atoms with Gasteiger partial charge in [0, 0.05) is 10.1 Å². The summed E-state index contributed by atoms with van der Waals surface area (Å²) < 4.78 is 18.5. The van der Waals surface area contributed by atoms with Crippen LogP contribution in [-0.2, 0) is 4.74 Å². The molecule has 0 aliphatic rings. The molecule has 0 unspecified atom stereocenters. The summed E-state index contributed by atoms with van der Waals surface area (Å²) in [6.45, 7) is 0. The standard InChI is InChI=1S/C10H7FO2S/c1-13-10(12)9-5-6-7(11)3-2-4-8(6)14-9/h2-5H,1H3. The molecule has 2 nitrogen and oxygen atoms in total. The van der Waals surface area contributed by atoms with E-state index in [1.807, 2.05) is 0 Å². The van der Waals surface area contributed by atoms with Crippen molar-refractivity contribution in [3.05, 3.63) is 35.0 Å². The Morgan fingerprint density at radius 3 is 2.93 bits per heavy atom. The molecule has 0 bridgehead atoms. The summed E-state index contributed by atoms with van der Waals surface area (Å²) in [7, 11) is 1.31. The summed E-state index contributed by atoms with van der Waals surface area (Å²) in [5, 5.41) is 0.470. The fourth-order valence-electron chi connectivity index (χ4n) is 1.23. The second-order valence-corrected chi connectivity index (χ2v) is 3.84. The molecule has 0 amide bonds. The third-order valence-corrected chi connectivity index (χ3v) is 2.98. The molecule has 0 aliphatic heterocycles. The predicted molar refractivity (Wildman–Crippen MR) is 53.1 cm³/mol. The number of thiophene rings is 1. The van der Waals surface area contributed by atoms with Gasteiger partial charge in [-0.25, -0.2) is 9.18 Å². The number of esters is 1. The van der Waals surface area contributed by atoms with Gasteiger partial charge in [0.2, 0.25) is 0 Å². The minimum Gasteiger partial charge on any atom is -0.465 e. The molecule has 0 spiro atoms. The second kappa shape index (κ2) is 3.38. The largest absolute Gasteiger partial charge is 0.465 e. The van der Waals surface area contributed by atoms with Crippen LogP contribution in [0.25, 0.3) is 10.1 Å². The van der Waals surface area contributed by atoms with Crippen molar-refractivity contribution in [3.8, 4) is 0 Å². The molecule has 14 heavy (non-hydrogen) atoms. The van der Waals surface area contributed by atoms with Crippen molar-refractivity contribution in [1.82, 2.24) is 0 Å². The number of ether oxygens (including phenoxy) is 1. The lowest BCUT2D eigenvalue weighted by molar-refractivity contribution is 0.0606. The summed E-state index contributed by atoms with van der Waals surface area (Å²) in [5.41, 5.74) is 0. The maximum absolute atomic E-state index is 13.2. The van der Waals surface area contributed by atoms with E-state index in [0.29, 0.717) is 10.3 Å². The molecule has 1 heterocycles. The van der Waals surface area contributed by atoms with Gasteiger partial charge in [-0.05, 0) is 18.2 Å². The quantitative estimate of drug-likeness (QED) is 0.676. The maximum atomic E-state index is 13.2. The molecule has 0 saturated carbocycles. The SMILES string of the molecule is COC(=O)c1cc2c(F)cccc2s1. The highest BCUT2D eigenvalue weighted by molar-refractivity contribution is 7.20. The number of halogens is 1. The number of hydrogen-bond acceptors (Lipinski definition) is 3. The highest BCUT2D eigenvalue weighted by Gasteiger charge is 2.11. The van der Waals surface area contributed by atoms with Crippen molar-refractivity contribution in [2.75, 3.05) is 7.11 Å². The van der Waals surface area contributed by atoms with Crippen LogP contribution in [0.15, 0.2) is 24.3 Å². The molecular weight excluding hydrogens is 203 g/mol. The topological polar surface area (TPSA) is 26.3 Å². The Morgan fingerprint density at radius 1 is 1.50 bits per heavy atom. The highest BCUT2D eigenvalue weighted by atomic mass is 32.1. The van der Waals surface area contributed by atoms with Crippen LogP contribution in [-0.4, -0.2) is 13.1 Å². The monoisotopic (exact) mass is 210 g/mol. The molecule has 0 radical (unpaired) electrons. The van der Waals surface area contributed by atoms with Crippen LogP contribution < -0.4 is 0 Å². The van der Waals surface area contributed by atoms with Crippen molar-refractivity contribution < 1.29 is 13.9 Å². The first-order chi connectivity index (χ1) is 6.72. The third-order valence-electron chi connectivity index (χ3n) is 1.89. The lowest BCUT2D eigenvalue weighted by Gasteiger charge is -1.90. The summed E-state index contributed by atoms with van der Waals surface area (Å²) in [4.78, 5) is 11.6. The smallest absolute Gasteiger partial charge is 0.348 e. The lowest BCUT2D eigenvalue weighted by atomic mass is 10.2. The molecule has 2 rings (SSSR count). The van der Waals surface area contributed by atoms with Crippen LogP contribution >= 0.6 is 11.3 Å². The number of carbonyl (C=O) groups excluding carboxylic acids is 1. The van der Waals surface area contributed by atoms with Crippen molar-refractivity contribution in [2.24, 2.45) is 0 Å². The summed E-state index contributed by atoms with van der Waals surface area (Å²) in [6, 6.07) is 6.28. The predicted octanol–water partition coefficient (Wildman–Crippen LogP) is 2.83. The highest BCUT2D eigenvalue weighted by Crippen LogP contribution is 2.27. The molecule has 0 aliphatic carbocycles. The van der Waals surface area contributed by atoms with E-state index >= 15 is 0 Å². The molecule has 2 aromatic rings. The fourth-order valence-corrected chi connectivity index (χ4v) is 2.22. The van der Waals surface area contributed by atoms with Crippen LogP contribution in [0.1, 0.15) is 9.67 Å². The van der Waals surface area contributed by atoms with E-state index in [9.17, 15) is 9.18 Å². The zero-order chi connectivity index (χ0) is 10.1. The fraction of sp³-hybridized carbons (Fsp3) is 0.100. The number of rotatable bonds is 1. The minimum atomic E-state index is -0.425. The van der Waals surface area contributed by atoms with Gasteiger partial charge in [0.15, 0.2) is 0 Å².